The first-order chi connectivity index (χ1) is 12.7. The molecule has 0 unspecified atom stereocenters. The Kier molecular flexibility index (Phi) is 6.96. The zero-order valence-corrected chi connectivity index (χ0v) is 16.2. The topological polar surface area (TPSA) is 76.6 Å². The minimum atomic E-state index is -4.40. The van der Waals surface area contributed by atoms with Crippen molar-refractivity contribution < 1.29 is 26.7 Å². The molecule has 0 atom stereocenters. The maximum Gasteiger partial charge on any atom is 0.358 e. The summed E-state index contributed by atoms with van der Waals surface area (Å²) in [5, 5.41) is 0.143. The maximum absolute atomic E-state index is 13.1. The van der Waals surface area contributed by atoms with Crippen LogP contribution in [0.2, 0.25) is 10.0 Å². The number of esters is 1. The van der Waals surface area contributed by atoms with E-state index in [0.717, 1.165) is 7.11 Å². The van der Waals surface area contributed by atoms with E-state index in [-0.39, 0.29) is 21.3 Å². The second kappa shape index (κ2) is 8.81. The second-order valence-corrected chi connectivity index (χ2v) is 7.95. The first kappa shape index (κ1) is 21.3. The molecule has 0 fully saturated rings. The molecular weight excluding hydrogens is 425 g/mol. The van der Waals surface area contributed by atoms with Gasteiger partial charge in [-0.25, -0.2) is 27.0 Å². The Hall–Kier alpha value is -1.97. The van der Waals surface area contributed by atoms with Crippen molar-refractivity contribution in [1.82, 2.24) is 4.98 Å². The zero-order chi connectivity index (χ0) is 20.2. The van der Waals surface area contributed by atoms with Gasteiger partial charge in [0.05, 0.1) is 25.1 Å². The average Bonchev–Trinajstić information content (AvgIpc) is 2.62. The first-order valence-corrected chi connectivity index (χ1v) is 9.78. The van der Waals surface area contributed by atoms with Crippen LogP contribution < -0.4 is 4.31 Å². The van der Waals surface area contributed by atoms with Crippen LogP contribution in [0, 0.1) is 0 Å². The summed E-state index contributed by atoms with van der Waals surface area (Å²) in [5.74, 6) is -1.70. The fourth-order valence-electron chi connectivity index (χ4n) is 2.27. The molecule has 146 valence electrons. The zero-order valence-electron chi connectivity index (χ0n) is 13.9. The SMILES string of the molecule is COC(=O)c1ncccc1N(CC(F)F)S(=O)(=O)Cc1c(Cl)cccc1Cl. The Bertz CT molecular complexity index is 922. The molecule has 0 radical (unpaired) electrons. The van der Waals surface area contributed by atoms with Gasteiger partial charge in [0, 0.05) is 21.8 Å². The molecule has 0 saturated carbocycles. The average molecular weight is 439 g/mol. The third-order valence-corrected chi connectivity index (χ3v) is 5.84. The number of alkyl halides is 2. The Labute approximate surface area is 164 Å². The Balaban J connectivity index is 2.55. The third-order valence-electron chi connectivity index (χ3n) is 3.46. The molecule has 2 aromatic rings. The monoisotopic (exact) mass is 438 g/mol. The van der Waals surface area contributed by atoms with Gasteiger partial charge in [0.15, 0.2) is 5.69 Å². The van der Waals surface area contributed by atoms with Gasteiger partial charge in [-0.05, 0) is 24.3 Å². The fourth-order valence-corrected chi connectivity index (χ4v) is 4.58. The Morgan fingerprint density at radius 2 is 1.85 bits per heavy atom. The molecule has 0 amide bonds. The number of carbonyl (C=O) groups excluding carboxylic acids is 1. The number of sulfonamides is 1. The molecule has 1 aromatic heterocycles. The van der Waals surface area contributed by atoms with Crippen molar-refractivity contribution in [2.75, 3.05) is 18.0 Å². The molecule has 0 aliphatic carbocycles. The van der Waals surface area contributed by atoms with Gasteiger partial charge in [-0.3, -0.25) is 4.31 Å². The number of halogens is 4. The summed E-state index contributed by atoms with van der Waals surface area (Å²) in [7, 11) is -3.33. The predicted octanol–water partition coefficient (Wildman–Crippen LogP) is 3.78. The lowest BCUT2D eigenvalue weighted by atomic mass is 10.2. The van der Waals surface area contributed by atoms with Crippen molar-refractivity contribution in [3.05, 3.63) is 57.8 Å². The number of anilines is 1. The van der Waals surface area contributed by atoms with E-state index < -0.39 is 40.4 Å². The number of hydrogen-bond acceptors (Lipinski definition) is 5. The number of methoxy groups -OCH3 is 1. The third kappa shape index (κ3) is 5.06. The summed E-state index contributed by atoms with van der Waals surface area (Å²) in [5.41, 5.74) is -0.675. The minimum Gasteiger partial charge on any atom is -0.464 e. The summed E-state index contributed by atoms with van der Waals surface area (Å²) in [6, 6.07) is 6.89. The molecule has 0 bridgehead atoms. The number of carbonyl (C=O) groups is 1. The summed E-state index contributed by atoms with van der Waals surface area (Å²) >= 11 is 12.0. The Morgan fingerprint density at radius 1 is 1.22 bits per heavy atom. The molecule has 1 heterocycles. The molecule has 2 rings (SSSR count). The van der Waals surface area contributed by atoms with Crippen LogP contribution in [0.1, 0.15) is 16.1 Å². The van der Waals surface area contributed by atoms with Gasteiger partial charge in [0.1, 0.15) is 0 Å². The molecule has 0 spiro atoms. The molecule has 0 saturated heterocycles. The standard InChI is InChI=1S/C16H14Cl2F2N2O4S/c1-26-16(23)15-13(6-3-7-21-15)22(8-14(19)20)27(24,25)9-10-11(17)4-2-5-12(10)18/h2-7,14H,8-9H2,1H3. The van der Waals surface area contributed by atoms with Gasteiger partial charge < -0.3 is 4.74 Å². The van der Waals surface area contributed by atoms with E-state index in [2.05, 4.69) is 9.72 Å². The molecule has 0 aliphatic heterocycles. The summed E-state index contributed by atoms with van der Waals surface area (Å²) < 4.78 is 57.0. The highest BCUT2D eigenvalue weighted by atomic mass is 35.5. The summed E-state index contributed by atoms with van der Waals surface area (Å²) in [6.45, 7) is -1.18. The van der Waals surface area contributed by atoms with Crippen molar-refractivity contribution in [2.24, 2.45) is 0 Å². The smallest absolute Gasteiger partial charge is 0.358 e. The first-order valence-electron chi connectivity index (χ1n) is 7.42. The molecule has 6 nitrogen and oxygen atoms in total. The highest BCUT2D eigenvalue weighted by Crippen LogP contribution is 2.30. The fraction of sp³-hybridized carbons (Fsp3) is 0.250. The second-order valence-electron chi connectivity index (χ2n) is 5.24. The number of benzene rings is 1. The van der Waals surface area contributed by atoms with E-state index >= 15 is 0 Å². The van der Waals surface area contributed by atoms with Crippen molar-refractivity contribution in [1.29, 1.82) is 0 Å². The number of nitrogens with zero attached hydrogens (tertiary/aromatic N) is 2. The number of aromatic nitrogens is 1. The molecule has 1 aromatic carbocycles. The minimum absolute atomic E-state index is 0.0589. The van der Waals surface area contributed by atoms with E-state index in [1.807, 2.05) is 0 Å². The van der Waals surface area contributed by atoms with Gasteiger partial charge in [-0.2, -0.15) is 0 Å². The van der Waals surface area contributed by atoms with Gasteiger partial charge in [0.2, 0.25) is 10.0 Å². The van der Waals surface area contributed by atoms with E-state index in [9.17, 15) is 22.0 Å². The van der Waals surface area contributed by atoms with E-state index in [4.69, 9.17) is 23.2 Å². The predicted molar refractivity (Wildman–Crippen MR) is 98.0 cm³/mol. The van der Waals surface area contributed by atoms with Crippen LogP contribution in [0.5, 0.6) is 0 Å². The van der Waals surface area contributed by atoms with Crippen LogP contribution in [-0.4, -0.2) is 39.5 Å². The van der Waals surface area contributed by atoms with Crippen LogP contribution in [0.15, 0.2) is 36.5 Å². The molecular formula is C16H14Cl2F2N2O4S. The van der Waals surface area contributed by atoms with Gasteiger partial charge >= 0.3 is 5.97 Å². The molecule has 27 heavy (non-hydrogen) atoms. The number of ether oxygens (including phenoxy) is 1. The van der Waals surface area contributed by atoms with E-state index in [1.54, 1.807) is 0 Å². The summed E-state index contributed by atoms with van der Waals surface area (Å²) in [6.07, 6.45) is -1.79. The maximum atomic E-state index is 13.1. The normalized spacial score (nSPS) is 11.5. The highest BCUT2D eigenvalue weighted by Gasteiger charge is 2.31. The van der Waals surface area contributed by atoms with Crippen molar-refractivity contribution in [3.63, 3.8) is 0 Å². The van der Waals surface area contributed by atoms with Gasteiger partial charge in [0.25, 0.3) is 6.43 Å². The molecule has 0 N–H and O–H groups in total. The van der Waals surface area contributed by atoms with Crippen molar-refractivity contribution in [2.45, 2.75) is 12.2 Å². The van der Waals surface area contributed by atoms with Gasteiger partial charge in [-0.15, -0.1) is 0 Å². The van der Waals surface area contributed by atoms with E-state index in [1.165, 1.54) is 36.5 Å². The Morgan fingerprint density at radius 3 is 2.41 bits per heavy atom. The van der Waals surface area contributed by atoms with Crippen molar-refractivity contribution in [3.8, 4) is 0 Å². The van der Waals surface area contributed by atoms with Crippen LogP contribution in [-0.2, 0) is 20.5 Å². The largest absolute Gasteiger partial charge is 0.464 e. The number of pyridine rings is 1. The lowest BCUT2D eigenvalue weighted by molar-refractivity contribution is 0.0594. The molecule has 11 heteroatoms. The van der Waals surface area contributed by atoms with Crippen LogP contribution in [0.25, 0.3) is 0 Å². The van der Waals surface area contributed by atoms with Crippen LogP contribution in [0.3, 0.4) is 0 Å². The number of hydrogen-bond donors (Lipinski definition) is 0. The number of rotatable bonds is 7. The lowest BCUT2D eigenvalue weighted by Crippen LogP contribution is -2.37. The molecule has 0 aliphatic rings. The van der Waals surface area contributed by atoms with Crippen LogP contribution >= 0.6 is 23.2 Å². The van der Waals surface area contributed by atoms with E-state index in [0.29, 0.717) is 4.31 Å². The summed E-state index contributed by atoms with van der Waals surface area (Å²) in [4.78, 5) is 15.6. The lowest BCUT2D eigenvalue weighted by Gasteiger charge is -2.25. The quantitative estimate of drug-likeness (QED) is 0.614. The van der Waals surface area contributed by atoms with Crippen molar-refractivity contribution >= 4 is 44.9 Å². The highest BCUT2D eigenvalue weighted by molar-refractivity contribution is 7.92. The van der Waals surface area contributed by atoms with Crippen LogP contribution in [0.4, 0.5) is 14.5 Å². The van der Waals surface area contributed by atoms with Gasteiger partial charge in [-0.1, -0.05) is 29.3 Å².